The van der Waals surface area contributed by atoms with Crippen LogP contribution in [0.5, 0.6) is 0 Å². The highest BCUT2D eigenvalue weighted by Crippen LogP contribution is 2.13. The van der Waals surface area contributed by atoms with Gasteiger partial charge in [0.1, 0.15) is 12.5 Å². The quantitative estimate of drug-likeness (QED) is 0.576. The van der Waals surface area contributed by atoms with Crippen LogP contribution >= 0.6 is 0 Å². The summed E-state index contributed by atoms with van der Waals surface area (Å²) in [7, 11) is 2.01. The molecule has 1 aromatic heterocycles. The lowest BCUT2D eigenvalue weighted by Crippen LogP contribution is -2.28. The number of anilines is 1. The first kappa shape index (κ1) is 7.21. The fourth-order valence-electron chi connectivity index (χ4n) is 1.57. The monoisotopic (exact) mass is 164 g/mol. The lowest BCUT2D eigenvalue weighted by molar-refractivity contribution is 0.716. The van der Waals surface area contributed by atoms with E-state index in [9.17, 15) is 0 Å². The Morgan fingerprint density at radius 3 is 3.00 bits per heavy atom. The molecule has 1 aliphatic rings. The molecule has 0 saturated heterocycles. The largest absolute Gasteiger partial charge is 0.351 e. The number of fused-ring (bicyclic) bond motifs is 1. The molecular weight excluding hydrogens is 152 g/mol. The van der Waals surface area contributed by atoms with Gasteiger partial charge < -0.3 is 10.7 Å². The Balaban J connectivity index is 2.68. The number of pyridine rings is 1. The van der Waals surface area contributed by atoms with Crippen LogP contribution in [0.1, 0.15) is 5.69 Å². The molecule has 64 valence electrons. The lowest BCUT2D eigenvalue weighted by atomic mass is 10.3. The van der Waals surface area contributed by atoms with E-state index in [0.717, 1.165) is 18.2 Å². The Bertz CT molecular complexity index is 366. The van der Waals surface area contributed by atoms with Gasteiger partial charge >= 0.3 is 0 Å². The molecule has 4 heteroatoms. The molecule has 0 unspecified atom stereocenters. The normalized spacial score (nSPS) is 14.3. The SMILES string of the molecule is Cc1cc(=N)cc2n1N(C)CN2. The van der Waals surface area contributed by atoms with Crippen molar-refractivity contribution in [2.75, 3.05) is 24.0 Å². The summed E-state index contributed by atoms with van der Waals surface area (Å²) < 4.78 is 2.07. The summed E-state index contributed by atoms with van der Waals surface area (Å²) in [5.74, 6) is 1.00. The Hall–Kier alpha value is -1.45. The van der Waals surface area contributed by atoms with Crippen molar-refractivity contribution in [3.63, 3.8) is 0 Å². The first-order valence-corrected chi connectivity index (χ1v) is 3.92. The Kier molecular flexibility index (Phi) is 1.36. The van der Waals surface area contributed by atoms with Gasteiger partial charge in [-0.2, -0.15) is 0 Å². The number of rotatable bonds is 0. The van der Waals surface area contributed by atoms with Crippen LogP contribution in [0.2, 0.25) is 0 Å². The van der Waals surface area contributed by atoms with Crippen LogP contribution in [-0.4, -0.2) is 18.4 Å². The summed E-state index contributed by atoms with van der Waals surface area (Å²) in [6, 6.07) is 3.68. The third kappa shape index (κ3) is 0.879. The summed E-state index contributed by atoms with van der Waals surface area (Å²) in [4.78, 5) is 0. The van der Waals surface area contributed by atoms with Gasteiger partial charge in [0.15, 0.2) is 0 Å². The maximum absolute atomic E-state index is 7.50. The Morgan fingerprint density at radius 2 is 2.25 bits per heavy atom. The molecule has 2 rings (SSSR count). The van der Waals surface area contributed by atoms with E-state index < -0.39 is 0 Å². The zero-order valence-electron chi connectivity index (χ0n) is 7.26. The molecule has 0 aliphatic carbocycles. The second kappa shape index (κ2) is 2.27. The molecule has 1 aromatic rings. The van der Waals surface area contributed by atoms with Crippen molar-refractivity contribution in [2.45, 2.75) is 6.92 Å². The van der Waals surface area contributed by atoms with Crippen LogP contribution in [0.25, 0.3) is 0 Å². The average Bonchev–Trinajstić information content (AvgIpc) is 2.31. The van der Waals surface area contributed by atoms with Crippen molar-refractivity contribution < 1.29 is 0 Å². The molecular formula is C8H12N4. The maximum Gasteiger partial charge on any atom is 0.128 e. The minimum Gasteiger partial charge on any atom is -0.351 e. The molecule has 2 heterocycles. The highest BCUT2D eigenvalue weighted by molar-refractivity contribution is 5.42. The van der Waals surface area contributed by atoms with Crippen molar-refractivity contribution in [3.8, 4) is 0 Å². The van der Waals surface area contributed by atoms with Crippen LogP contribution in [0.15, 0.2) is 12.1 Å². The molecule has 4 nitrogen and oxygen atoms in total. The predicted molar refractivity (Wildman–Crippen MR) is 47.7 cm³/mol. The van der Waals surface area contributed by atoms with Gasteiger partial charge in [0.25, 0.3) is 0 Å². The average molecular weight is 164 g/mol. The lowest BCUT2D eigenvalue weighted by Gasteiger charge is -2.16. The molecule has 12 heavy (non-hydrogen) atoms. The summed E-state index contributed by atoms with van der Waals surface area (Å²) in [5.41, 5.74) is 1.09. The zero-order chi connectivity index (χ0) is 8.72. The standard InChI is InChI=1S/C8H12N4/c1-6-3-7(9)4-8-10-5-11(2)12(6)8/h3-4,9-10H,5H2,1-2H3. The third-order valence-corrected chi connectivity index (χ3v) is 2.05. The van der Waals surface area contributed by atoms with Gasteiger partial charge in [-0.25, -0.2) is 4.68 Å². The van der Waals surface area contributed by atoms with Gasteiger partial charge in [-0.15, -0.1) is 0 Å². The van der Waals surface area contributed by atoms with E-state index in [0.29, 0.717) is 5.36 Å². The highest BCUT2D eigenvalue weighted by Gasteiger charge is 2.13. The van der Waals surface area contributed by atoms with E-state index in [-0.39, 0.29) is 0 Å². The third-order valence-electron chi connectivity index (χ3n) is 2.05. The fraction of sp³-hybridized carbons (Fsp3) is 0.375. The van der Waals surface area contributed by atoms with Crippen molar-refractivity contribution >= 4 is 5.82 Å². The van der Waals surface area contributed by atoms with Crippen LogP contribution in [-0.2, 0) is 0 Å². The van der Waals surface area contributed by atoms with Gasteiger partial charge in [0.2, 0.25) is 0 Å². The summed E-state index contributed by atoms with van der Waals surface area (Å²) in [5, 5.41) is 13.3. The van der Waals surface area contributed by atoms with Crippen molar-refractivity contribution in [3.05, 3.63) is 23.2 Å². The van der Waals surface area contributed by atoms with Crippen LogP contribution in [0.3, 0.4) is 0 Å². The van der Waals surface area contributed by atoms with Gasteiger partial charge in [-0.1, -0.05) is 0 Å². The summed E-state index contributed by atoms with van der Waals surface area (Å²) >= 11 is 0. The van der Waals surface area contributed by atoms with Crippen molar-refractivity contribution in [1.29, 1.82) is 5.41 Å². The second-order valence-electron chi connectivity index (χ2n) is 3.07. The van der Waals surface area contributed by atoms with E-state index in [1.165, 1.54) is 0 Å². The van der Waals surface area contributed by atoms with Gasteiger partial charge in [-0.05, 0) is 13.0 Å². The van der Waals surface area contributed by atoms with E-state index >= 15 is 0 Å². The molecule has 0 bridgehead atoms. The van der Waals surface area contributed by atoms with Gasteiger partial charge in [0.05, 0.1) is 5.36 Å². The topological polar surface area (TPSA) is 44.1 Å². The summed E-state index contributed by atoms with van der Waals surface area (Å²) in [6.45, 7) is 2.81. The summed E-state index contributed by atoms with van der Waals surface area (Å²) in [6.07, 6.45) is 0. The van der Waals surface area contributed by atoms with Crippen molar-refractivity contribution in [2.24, 2.45) is 0 Å². The van der Waals surface area contributed by atoms with Crippen LogP contribution in [0.4, 0.5) is 5.82 Å². The van der Waals surface area contributed by atoms with Crippen LogP contribution < -0.4 is 15.7 Å². The number of nitrogens with one attached hydrogen (secondary N) is 2. The predicted octanol–water partition coefficient (Wildman–Crippen LogP) is 0.227. The number of hydrogen-bond donors (Lipinski definition) is 2. The van der Waals surface area contributed by atoms with Crippen LogP contribution in [0, 0.1) is 12.3 Å². The minimum atomic E-state index is 0.557. The molecule has 0 fully saturated rings. The van der Waals surface area contributed by atoms with E-state index in [1.54, 1.807) is 0 Å². The Morgan fingerprint density at radius 1 is 1.50 bits per heavy atom. The molecule has 0 atom stereocenters. The molecule has 0 spiro atoms. The smallest absolute Gasteiger partial charge is 0.128 e. The fourth-order valence-corrected chi connectivity index (χ4v) is 1.57. The Labute approximate surface area is 70.9 Å². The molecule has 0 aromatic carbocycles. The van der Waals surface area contributed by atoms with E-state index in [4.69, 9.17) is 5.41 Å². The molecule has 0 amide bonds. The molecule has 0 radical (unpaired) electrons. The van der Waals surface area contributed by atoms with Gasteiger partial charge in [0, 0.05) is 18.8 Å². The second-order valence-corrected chi connectivity index (χ2v) is 3.07. The number of hydrogen-bond acceptors (Lipinski definition) is 3. The number of aromatic nitrogens is 1. The highest BCUT2D eigenvalue weighted by atomic mass is 15.6. The molecule has 1 aliphatic heterocycles. The first-order chi connectivity index (χ1) is 5.68. The number of aryl methyl sites for hydroxylation is 1. The first-order valence-electron chi connectivity index (χ1n) is 3.92. The van der Waals surface area contributed by atoms with Crippen molar-refractivity contribution in [1.82, 2.24) is 4.68 Å². The number of nitrogens with zero attached hydrogens (tertiary/aromatic N) is 2. The van der Waals surface area contributed by atoms with Gasteiger partial charge in [-0.3, -0.25) is 5.01 Å². The molecule has 0 saturated carbocycles. The maximum atomic E-state index is 7.50. The van der Waals surface area contributed by atoms with E-state index in [1.807, 2.05) is 26.1 Å². The molecule has 2 N–H and O–H groups in total. The zero-order valence-corrected chi connectivity index (χ0v) is 7.26. The minimum absolute atomic E-state index is 0.557. The van der Waals surface area contributed by atoms with E-state index in [2.05, 4.69) is 15.0 Å².